The normalized spacial score (nSPS) is 38.4. The molecule has 238 valence electrons. The Bertz CT molecular complexity index is 1530. The Morgan fingerprint density at radius 1 is 1.09 bits per heavy atom. The average Bonchev–Trinajstić information content (AvgIpc) is 3.34. The van der Waals surface area contributed by atoms with Crippen molar-refractivity contribution >= 4 is 49.6 Å². The number of halogens is 1. The van der Waals surface area contributed by atoms with Crippen molar-refractivity contribution in [2.24, 2.45) is 16.7 Å². The zero-order valence-electron chi connectivity index (χ0n) is 23.8. The number of urea groups is 1. The van der Waals surface area contributed by atoms with Crippen LogP contribution in [0.1, 0.15) is 65.0 Å². The maximum absolute atomic E-state index is 13.4. The van der Waals surface area contributed by atoms with Crippen LogP contribution in [-0.2, 0) is 13.9 Å². The second-order valence-electron chi connectivity index (χ2n) is 13.9. The van der Waals surface area contributed by atoms with Gasteiger partial charge in [0.1, 0.15) is 18.1 Å². The van der Waals surface area contributed by atoms with E-state index in [1.54, 1.807) is 0 Å². The summed E-state index contributed by atoms with van der Waals surface area (Å²) < 4.78 is 30.5. The molecule has 3 heterocycles. The van der Waals surface area contributed by atoms with Gasteiger partial charge in [-0.05, 0) is 73.3 Å². The number of hydrogen-bond donors (Lipinski definition) is 7. The number of rotatable bonds is 8. The lowest BCUT2D eigenvalue weighted by atomic mass is 9.43. The maximum atomic E-state index is 13.4. The van der Waals surface area contributed by atoms with Gasteiger partial charge < -0.3 is 34.9 Å². The molecule has 7 rings (SSSR count). The first-order valence-corrected chi connectivity index (χ1v) is 18.4. The highest BCUT2D eigenvalue weighted by Gasteiger charge is 2.60. The van der Waals surface area contributed by atoms with Gasteiger partial charge in [0.05, 0.1) is 12.4 Å². The van der Waals surface area contributed by atoms with Crippen LogP contribution in [0.25, 0.3) is 11.2 Å². The first-order chi connectivity index (χ1) is 19.9. The van der Waals surface area contributed by atoms with Crippen molar-refractivity contribution in [3.05, 3.63) is 11.6 Å². The van der Waals surface area contributed by atoms with Crippen LogP contribution in [0.15, 0.2) is 6.33 Å². The van der Waals surface area contributed by atoms with Crippen LogP contribution in [0.4, 0.5) is 10.6 Å². The maximum Gasteiger partial charge on any atom is 0.335 e. The molecule has 3 unspecified atom stereocenters. The largest absolute Gasteiger partial charge is 0.388 e. The van der Waals surface area contributed by atoms with E-state index in [2.05, 4.69) is 39.4 Å². The number of carbonyl (C=O) groups excluding carboxylic acids is 1. The smallest absolute Gasteiger partial charge is 0.335 e. The summed E-state index contributed by atoms with van der Waals surface area (Å²) in [7, 11) is -8.96. The minimum Gasteiger partial charge on any atom is -0.388 e. The minimum absolute atomic E-state index is 0.0524. The van der Waals surface area contributed by atoms with Gasteiger partial charge in [0.2, 0.25) is 12.7 Å². The number of nitrogens with zero attached hydrogens (tertiary/aromatic N) is 4. The number of aliphatic hydroxyl groups excluding tert-OH is 2. The number of amides is 2. The zero-order chi connectivity index (χ0) is 31.2. The van der Waals surface area contributed by atoms with Gasteiger partial charge in [-0.3, -0.25) is 19.0 Å². The van der Waals surface area contributed by atoms with Gasteiger partial charge in [0.15, 0.2) is 23.2 Å². The second kappa shape index (κ2) is 10.4. The summed E-state index contributed by atoms with van der Waals surface area (Å²) in [5.74, 6) is -0.563. The lowest BCUT2D eigenvalue weighted by Gasteiger charge is -2.65. The van der Waals surface area contributed by atoms with E-state index < -0.39 is 57.6 Å². The van der Waals surface area contributed by atoms with Crippen molar-refractivity contribution in [1.29, 1.82) is 0 Å². The van der Waals surface area contributed by atoms with Gasteiger partial charge in [0, 0.05) is 11.7 Å². The summed E-state index contributed by atoms with van der Waals surface area (Å²) in [5.41, 5.74) is 0.364. The Balaban J connectivity index is 1.18. The molecular formula is C25H37ClN6O9P2. The predicted octanol–water partition coefficient (Wildman–Crippen LogP) is 2.77. The molecule has 2 aromatic heterocycles. The molecule has 4 aliphatic carbocycles. The molecule has 0 spiro atoms. The van der Waals surface area contributed by atoms with E-state index in [9.17, 15) is 29.0 Å². The third-order valence-corrected chi connectivity index (χ3v) is 13.8. The quantitative estimate of drug-likeness (QED) is 0.160. The van der Waals surface area contributed by atoms with E-state index >= 15 is 0 Å². The van der Waals surface area contributed by atoms with Crippen molar-refractivity contribution in [2.75, 3.05) is 17.4 Å². The molecule has 0 aromatic carbocycles. The van der Waals surface area contributed by atoms with Crippen LogP contribution < -0.4 is 10.6 Å². The van der Waals surface area contributed by atoms with Gasteiger partial charge in [-0.15, -0.1) is 0 Å². The Hall–Kier alpha value is -1.67. The molecule has 7 N–H and O–H groups in total. The fourth-order valence-corrected chi connectivity index (χ4v) is 12.7. The van der Waals surface area contributed by atoms with E-state index in [1.807, 2.05) is 0 Å². The lowest BCUT2D eigenvalue weighted by molar-refractivity contribution is -0.113. The molecule has 1 saturated heterocycles. The summed E-state index contributed by atoms with van der Waals surface area (Å²) in [6.07, 6.45) is 1.45. The van der Waals surface area contributed by atoms with Crippen molar-refractivity contribution in [1.82, 2.24) is 24.8 Å². The third kappa shape index (κ3) is 6.25. The SMILES string of the molecule is C[C@]12C[C@@H]3C[C@](C)(C1)C[C@@](NC(=O)Nc1nc(Cl)nc4c1ncn4[C@@H]1O[C@H](CCP(=O)(O)CP(=O)(O)O)C(O)C1O)(C3)C2. The molecule has 2 amide bonds. The Morgan fingerprint density at radius 3 is 2.40 bits per heavy atom. The number of nitrogens with one attached hydrogen (secondary N) is 2. The number of ether oxygens (including phenoxy) is 1. The second-order valence-corrected chi connectivity index (χ2v) is 18.8. The third-order valence-electron chi connectivity index (χ3n) is 9.41. The predicted molar refractivity (Wildman–Crippen MR) is 155 cm³/mol. The van der Waals surface area contributed by atoms with Crippen molar-refractivity contribution in [2.45, 2.75) is 88.9 Å². The fraction of sp³-hybridized carbons (Fsp3) is 0.760. The van der Waals surface area contributed by atoms with Gasteiger partial charge in [-0.25, -0.2) is 9.78 Å². The summed E-state index contributed by atoms with van der Waals surface area (Å²) in [6, 6.07) is -0.434. The van der Waals surface area contributed by atoms with E-state index in [0.717, 1.165) is 19.3 Å². The van der Waals surface area contributed by atoms with Crippen LogP contribution in [0, 0.1) is 16.7 Å². The van der Waals surface area contributed by atoms with Gasteiger partial charge in [-0.1, -0.05) is 13.8 Å². The number of fused-ring (bicyclic) bond motifs is 1. The molecule has 0 radical (unpaired) electrons. The Kier molecular flexibility index (Phi) is 7.60. The number of imidazole rings is 1. The zero-order valence-corrected chi connectivity index (χ0v) is 26.3. The highest BCUT2D eigenvalue weighted by molar-refractivity contribution is 7.72. The Labute approximate surface area is 252 Å². The van der Waals surface area contributed by atoms with Crippen LogP contribution >= 0.6 is 26.6 Å². The van der Waals surface area contributed by atoms with Gasteiger partial charge >= 0.3 is 13.6 Å². The molecule has 5 aliphatic rings. The average molecular weight is 663 g/mol. The molecule has 18 heteroatoms. The number of hydrogen-bond acceptors (Lipinski definition) is 9. The van der Waals surface area contributed by atoms with Crippen LogP contribution in [0.3, 0.4) is 0 Å². The molecule has 5 fully saturated rings. The van der Waals surface area contributed by atoms with Crippen molar-refractivity contribution in [3.8, 4) is 0 Å². The summed E-state index contributed by atoms with van der Waals surface area (Å²) in [4.78, 5) is 54.1. The van der Waals surface area contributed by atoms with Crippen molar-refractivity contribution in [3.63, 3.8) is 0 Å². The standard InChI is InChI=1S/C25H37ClN6O9P2/c1-23-5-13-6-24(2,8-23)10-25(7-13,9-23)31-22(35)29-18-15-19(30-21(26)28-18)32(11-27-15)20-17(34)16(33)14(41-20)3-4-42(36,37)12-43(38,39)40/h11,13-14,16-17,20,33-34H,3-10,12H2,1-2H3,(H,36,37)(H2,38,39,40)(H2,28,29,30,31,35)/t13-,14-,16?,17?,20-,23+,24-,25-/m1/s1. The summed E-state index contributed by atoms with van der Waals surface area (Å²) >= 11 is 6.22. The summed E-state index contributed by atoms with van der Waals surface area (Å²) in [6.45, 7) is 4.63. The molecule has 4 saturated carbocycles. The molecular weight excluding hydrogens is 626 g/mol. The van der Waals surface area contributed by atoms with Crippen LogP contribution in [0.5, 0.6) is 0 Å². The van der Waals surface area contributed by atoms with E-state index in [1.165, 1.54) is 30.2 Å². The first kappa shape index (κ1) is 31.3. The van der Waals surface area contributed by atoms with Crippen molar-refractivity contribution < 1.29 is 43.6 Å². The van der Waals surface area contributed by atoms with E-state index in [4.69, 9.17) is 26.1 Å². The molecule has 15 nitrogen and oxygen atoms in total. The van der Waals surface area contributed by atoms with Crippen LogP contribution in [-0.4, -0.2) is 86.4 Å². The number of anilines is 1. The molecule has 2 aromatic rings. The molecule has 1 aliphatic heterocycles. The monoisotopic (exact) mass is 662 g/mol. The number of aliphatic hydroxyl groups is 2. The topological polar surface area (TPSA) is 229 Å². The lowest BCUT2D eigenvalue weighted by Crippen LogP contribution is -2.65. The number of aromatic nitrogens is 4. The van der Waals surface area contributed by atoms with E-state index in [-0.39, 0.29) is 45.1 Å². The molecule has 4 bridgehead atoms. The highest BCUT2D eigenvalue weighted by atomic mass is 35.5. The minimum atomic E-state index is -4.74. The molecule has 9 atom stereocenters. The highest BCUT2D eigenvalue weighted by Crippen LogP contribution is 2.66. The Morgan fingerprint density at radius 2 is 1.77 bits per heavy atom. The first-order valence-electron chi connectivity index (χ1n) is 14.2. The van der Waals surface area contributed by atoms with Gasteiger partial charge in [-0.2, -0.15) is 9.97 Å². The van der Waals surface area contributed by atoms with Gasteiger partial charge in [0.25, 0.3) is 0 Å². The molecule has 43 heavy (non-hydrogen) atoms. The van der Waals surface area contributed by atoms with Crippen LogP contribution in [0.2, 0.25) is 5.28 Å². The number of carbonyl (C=O) groups is 1. The fourth-order valence-electron chi connectivity index (χ4n) is 9.02. The summed E-state index contributed by atoms with van der Waals surface area (Å²) in [5, 5.41) is 27.2. The van der Waals surface area contributed by atoms with E-state index in [0.29, 0.717) is 5.92 Å².